The number of aliphatic hydroxyl groups excluding tert-OH is 2. The van der Waals surface area contributed by atoms with Crippen LogP contribution in [-0.2, 0) is 62.2 Å². The molecule has 0 bridgehead atoms. The summed E-state index contributed by atoms with van der Waals surface area (Å²) in [5.41, 5.74) is 0.881. The molecule has 0 saturated carbocycles. The second-order valence-electron chi connectivity index (χ2n) is 29.1. The van der Waals surface area contributed by atoms with Gasteiger partial charge in [-0.3, -0.25) is 28.7 Å². The lowest BCUT2D eigenvalue weighted by atomic mass is 10.1. The SMILES string of the molecule is C.C.CC(C)(C)[Si](C)(C)OCCC=O.Cc1ccc(S(=O)(=O)Nc2cc(Cl)cnc2C(=O)c2ccnc(N)c2)cc1C(F)(F)F.Cc1ccc(S(=O)(=O)Nc2cc(Cl)cnc2C(=O)c2ccnc(NCCO)c2)cc1C(F)(F)F.Cc1ccc(S(=O)(=O)Nc2cc(Cl)cnc2C(O)c2ccnc(NCCO[Si](C)(C)C(C)(C)C)c2)cc1C(F)(F)F. The quantitative estimate of drug-likeness (QED) is 0.00779. The maximum atomic E-state index is 13.4. The van der Waals surface area contributed by atoms with E-state index in [0.29, 0.717) is 55.8 Å². The number of aldehydes is 1. The standard InChI is InChI=1S/C27H34ClF3N4O4SSi.C21H18ClF3N4O4S.C19H14ClF3N4O3S.C9H20O2Si.2CH4/c1-17-7-8-20(15-21(17)27(29,30)31)40(37,38)35-22-14-19(28)16-34-24(22)25(36)18-9-10-32-23(13-18)33-11-12-39-41(5,6)26(2,3)4;1-12-2-3-15(10-16(12)21(23,24)25)34(32,33)29-17-9-14(22)11-28-19(17)20(31)13-4-5-26-18(8-13)27-6-7-30;1-10-2-3-13(8-14(10)19(21,22)23)31(29,30)27-15-7-12(20)9-26-17(15)18(28)11-4-5-25-16(24)6-11;1-9(2,3)12(4,5)11-8-6-7-10;;/h7-10,13-16,25,35-36H,11-12H2,1-6H3,(H,32,33);2-5,8-11,29-30H,6-7H2,1H3,(H,26,27);2-9,27H,1H3,(H2,24,25);7H,6,8H2,1-5H3;2*1H4. The molecule has 1 unspecified atom stereocenters. The average Bonchev–Trinajstić information content (AvgIpc) is 0.789. The van der Waals surface area contributed by atoms with Gasteiger partial charge in [-0.15, -0.1) is 0 Å². The highest BCUT2D eigenvalue weighted by Crippen LogP contribution is 2.41. The lowest BCUT2D eigenvalue weighted by Gasteiger charge is -2.36. The van der Waals surface area contributed by atoms with Crippen LogP contribution in [0.15, 0.2) is 161 Å². The zero-order valence-corrected chi connectivity index (χ0v) is 72.4. The number of sulfonamides is 3. The number of pyridine rings is 6. The number of nitrogens with one attached hydrogen (secondary N) is 5. The van der Waals surface area contributed by atoms with Crippen LogP contribution >= 0.6 is 34.8 Å². The number of nitrogens with zero attached hydrogens (tertiary/aromatic N) is 6. The van der Waals surface area contributed by atoms with E-state index in [1.165, 1.54) is 82.0 Å². The number of nitrogens with two attached hydrogens (primary N) is 1. The van der Waals surface area contributed by atoms with Crippen molar-refractivity contribution >= 4 is 134 Å². The van der Waals surface area contributed by atoms with Crippen molar-refractivity contribution in [1.29, 1.82) is 0 Å². The molecule has 120 heavy (non-hydrogen) atoms. The van der Waals surface area contributed by atoms with Gasteiger partial charge in [0, 0.05) is 74.4 Å². The van der Waals surface area contributed by atoms with Crippen LogP contribution in [-0.4, -0.2) is 133 Å². The van der Waals surface area contributed by atoms with Gasteiger partial charge in [0.1, 0.15) is 41.2 Å². The number of aromatic nitrogens is 6. The highest BCUT2D eigenvalue weighted by atomic mass is 35.5. The third kappa shape index (κ3) is 28.7. The Bertz CT molecular complexity index is 5460. The summed E-state index contributed by atoms with van der Waals surface area (Å²) in [4.78, 5) is 58.0. The average molecular weight is 1840 g/mol. The van der Waals surface area contributed by atoms with Gasteiger partial charge in [-0.25, -0.2) is 50.2 Å². The minimum Gasteiger partial charge on any atom is -0.416 e. The fourth-order valence-corrected chi connectivity index (χ4v) is 15.7. The molecule has 0 saturated heterocycles. The first kappa shape index (κ1) is 103. The molecule has 0 fully saturated rings. The predicted molar refractivity (Wildman–Crippen MR) is 451 cm³/mol. The van der Waals surface area contributed by atoms with Crippen LogP contribution in [0.1, 0.15) is 146 Å². The number of rotatable bonds is 27. The molecule has 6 heterocycles. The van der Waals surface area contributed by atoms with Crippen molar-refractivity contribution < 1.29 is 98.2 Å². The fourth-order valence-electron chi connectivity index (χ4n) is 9.85. The second kappa shape index (κ2) is 42.0. The van der Waals surface area contributed by atoms with Gasteiger partial charge in [-0.05, 0) is 170 Å². The van der Waals surface area contributed by atoms with Crippen molar-refractivity contribution in [2.24, 2.45) is 0 Å². The van der Waals surface area contributed by atoms with Gasteiger partial charge in [0.05, 0.1) is 82.4 Å². The highest BCUT2D eigenvalue weighted by molar-refractivity contribution is 7.93. The predicted octanol–water partition coefficient (Wildman–Crippen LogP) is 18.6. The molecule has 654 valence electrons. The molecule has 0 aliphatic rings. The second-order valence-corrected chi connectivity index (χ2v) is 45.1. The monoisotopic (exact) mass is 1830 g/mol. The largest absolute Gasteiger partial charge is 0.416 e. The molecule has 0 amide bonds. The van der Waals surface area contributed by atoms with Gasteiger partial charge >= 0.3 is 18.5 Å². The van der Waals surface area contributed by atoms with Gasteiger partial charge in [-0.2, -0.15) is 39.5 Å². The minimum atomic E-state index is -4.75. The molecule has 0 spiro atoms. The van der Waals surface area contributed by atoms with Crippen molar-refractivity contribution in [2.45, 2.75) is 159 Å². The molecule has 42 heteroatoms. The molecular weight excluding hydrogens is 1740 g/mol. The Labute approximate surface area is 708 Å². The summed E-state index contributed by atoms with van der Waals surface area (Å²) in [6.07, 6.45) is -6.64. The number of aliphatic hydroxyl groups is 2. The number of halogens is 12. The van der Waals surface area contributed by atoms with E-state index in [1.54, 1.807) is 6.07 Å². The molecule has 9 aromatic rings. The molecule has 25 nitrogen and oxygen atoms in total. The zero-order valence-electron chi connectivity index (χ0n) is 65.7. The van der Waals surface area contributed by atoms with Crippen LogP contribution in [0, 0.1) is 20.8 Å². The normalized spacial score (nSPS) is 12.4. The first-order valence-corrected chi connectivity index (χ1v) is 46.6. The van der Waals surface area contributed by atoms with Crippen molar-refractivity contribution in [3.63, 3.8) is 0 Å². The number of carbonyl (C=O) groups excluding carboxylic acids is 3. The van der Waals surface area contributed by atoms with E-state index >= 15 is 0 Å². The molecule has 0 radical (unpaired) electrons. The summed E-state index contributed by atoms with van der Waals surface area (Å²) in [6, 6.07) is 19.8. The Morgan fingerprint density at radius 3 is 1.25 bits per heavy atom. The molecular formula is C78H94Cl3F9N12O13S3Si2. The van der Waals surface area contributed by atoms with Gasteiger partial charge in [-0.1, -0.05) is 109 Å². The van der Waals surface area contributed by atoms with Crippen molar-refractivity contribution in [3.05, 3.63) is 229 Å². The maximum absolute atomic E-state index is 13.4. The van der Waals surface area contributed by atoms with Gasteiger partial charge < -0.3 is 40.2 Å². The van der Waals surface area contributed by atoms with E-state index in [1.807, 2.05) is 0 Å². The first-order valence-electron chi connectivity index (χ1n) is 35.2. The van der Waals surface area contributed by atoms with Crippen LogP contribution in [0.4, 0.5) is 74.0 Å². The highest BCUT2D eigenvalue weighted by Gasteiger charge is 2.40. The Hall–Kier alpha value is -9.27. The Balaban J connectivity index is 0.000000353. The summed E-state index contributed by atoms with van der Waals surface area (Å²) in [5, 5.41) is 26.4. The smallest absolute Gasteiger partial charge is 0.416 e. The van der Waals surface area contributed by atoms with E-state index in [2.05, 4.69) is 122 Å². The molecule has 9 rings (SSSR count). The molecule has 6 aromatic heterocycles. The fraction of sp³-hybridized carbons (Fsp3) is 0.346. The Morgan fingerprint density at radius 1 is 0.500 bits per heavy atom. The maximum Gasteiger partial charge on any atom is 0.416 e. The number of alkyl halides is 9. The first-order chi connectivity index (χ1) is 54.4. The zero-order chi connectivity index (χ0) is 88.7. The lowest BCUT2D eigenvalue weighted by Crippen LogP contribution is -2.41. The lowest BCUT2D eigenvalue weighted by molar-refractivity contribution is -0.139. The van der Waals surface area contributed by atoms with Crippen LogP contribution in [0.3, 0.4) is 0 Å². The van der Waals surface area contributed by atoms with Crippen LogP contribution in [0.25, 0.3) is 0 Å². The Morgan fingerprint density at radius 2 is 0.858 bits per heavy atom. The summed E-state index contributed by atoms with van der Waals surface area (Å²) in [6.45, 7) is 26.9. The third-order valence-electron chi connectivity index (χ3n) is 18.3. The molecule has 0 aliphatic heterocycles. The van der Waals surface area contributed by atoms with Crippen molar-refractivity contribution in [1.82, 2.24) is 29.9 Å². The van der Waals surface area contributed by atoms with Crippen LogP contribution < -0.4 is 30.5 Å². The molecule has 0 aliphatic carbocycles. The third-order valence-corrected chi connectivity index (χ3v) is 32.0. The van der Waals surface area contributed by atoms with Gasteiger partial charge in [0.25, 0.3) is 30.1 Å². The number of aryl methyl sites for hydroxylation is 3. The number of hydrogen-bond acceptors (Lipinski definition) is 22. The number of nitrogen functional groups attached to an aromatic ring is 1. The van der Waals surface area contributed by atoms with E-state index in [9.17, 15) is 84.3 Å². The van der Waals surface area contributed by atoms with Crippen LogP contribution in [0.5, 0.6) is 0 Å². The number of benzene rings is 3. The van der Waals surface area contributed by atoms with Crippen molar-refractivity contribution in [2.75, 3.05) is 63.4 Å². The van der Waals surface area contributed by atoms with Gasteiger partial charge in [0.15, 0.2) is 16.6 Å². The van der Waals surface area contributed by atoms with Crippen LogP contribution in [0.2, 0.25) is 51.3 Å². The number of carbonyl (C=O) groups is 3. The summed E-state index contributed by atoms with van der Waals surface area (Å²) < 4.78 is 215. The topological polar surface area (TPSA) is 376 Å². The summed E-state index contributed by atoms with van der Waals surface area (Å²) in [5.74, 6) is -0.584. The number of anilines is 6. The minimum absolute atomic E-state index is 0. The summed E-state index contributed by atoms with van der Waals surface area (Å²) >= 11 is 17.9. The van der Waals surface area contributed by atoms with Crippen molar-refractivity contribution in [3.8, 4) is 0 Å². The van der Waals surface area contributed by atoms with E-state index in [4.69, 9.17) is 54.5 Å². The van der Waals surface area contributed by atoms with E-state index in [0.717, 1.165) is 67.2 Å². The van der Waals surface area contributed by atoms with Gasteiger partial charge in [0.2, 0.25) is 11.6 Å². The van der Waals surface area contributed by atoms with E-state index in [-0.39, 0.29) is 127 Å². The number of hydrogen-bond donors (Lipinski definition) is 8. The molecule has 1 atom stereocenters. The van der Waals surface area contributed by atoms with E-state index < -0.39 is 114 Å². The number of ketones is 2. The Kier molecular flexibility index (Phi) is 36.1. The molecule has 9 N–H and O–H groups in total. The summed E-state index contributed by atoms with van der Waals surface area (Å²) in [7, 11) is -17.1. The molecule has 3 aromatic carbocycles.